The Hall–Kier alpha value is -2.83. The summed E-state index contributed by atoms with van der Waals surface area (Å²) in [6.45, 7) is 0.836. The Kier molecular flexibility index (Phi) is 4.73. The zero-order valence-electron chi connectivity index (χ0n) is 16.0. The lowest BCUT2D eigenvalue weighted by Gasteiger charge is -2.09. The molecular weight excluding hydrogens is 396 g/mol. The minimum Gasteiger partial charge on any atom is -0.320 e. The number of hydrogen-bond donors (Lipinski definition) is 0. The van der Waals surface area contributed by atoms with Crippen LogP contribution in [0.3, 0.4) is 0 Å². The van der Waals surface area contributed by atoms with Crippen molar-refractivity contribution in [3.8, 4) is 5.69 Å². The van der Waals surface area contributed by atoms with Gasteiger partial charge in [-0.25, -0.2) is 4.98 Å². The largest absolute Gasteiger partial charge is 0.320 e. The normalized spacial score (nSPS) is 11.5. The van der Waals surface area contributed by atoms with Crippen molar-refractivity contribution in [1.82, 2.24) is 18.7 Å². The van der Waals surface area contributed by atoms with E-state index in [1.807, 2.05) is 19.2 Å². The summed E-state index contributed by atoms with van der Waals surface area (Å²) in [5, 5.41) is 1.00. The Morgan fingerprint density at radius 1 is 0.828 bits per heavy atom. The topological polar surface area (TPSA) is 27.7 Å². The molecule has 6 heteroatoms. The van der Waals surface area contributed by atoms with Crippen molar-refractivity contribution >= 4 is 46.0 Å². The van der Waals surface area contributed by atoms with Crippen LogP contribution < -0.4 is 0 Å². The number of para-hydroxylation sites is 5. The smallest absolute Gasteiger partial charge is 0.180 e. The molecule has 0 radical (unpaired) electrons. The molecule has 144 valence electrons. The van der Waals surface area contributed by atoms with Crippen molar-refractivity contribution in [2.45, 2.75) is 11.7 Å². The van der Waals surface area contributed by atoms with Gasteiger partial charge in [-0.2, -0.15) is 0 Å². The lowest BCUT2D eigenvalue weighted by Crippen LogP contribution is -2.03. The van der Waals surface area contributed by atoms with E-state index in [9.17, 15) is 0 Å². The highest BCUT2D eigenvalue weighted by Crippen LogP contribution is 2.28. The maximum atomic E-state index is 5.67. The van der Waals surface area contributed by atoms with Crippen LogP contribution in [-0.2, 0) is 13.6 Å². The van der Waals surface area contributed by atoms with Gasteiger partial charge >= 0.3 is 0 Å². The number of rotatable bonds is 5. The van der Waals surface area contributed by atoms with Gasteiger partial charge in [0.05, 0.1) is 22.1 Å². The molecule has 0 unspecified atom stereocenters. The first-order valence-corrected chi connectivity index (χ1v) is 10.9. The quantitative estimate of drug-likeness (QED) is 0.266. The Morgan fingerprint density at radius 2 is 1.48 bits per heavy atom. The summed E-state index contributed by atoms with van der Waals surface area (Å²) in [5.74, 6) is 0.887. The number of nitrogens with zero attached hydrogens (tertiary/aromatic N) is 4. The van der Waals surface area contributed by atoms with E-state index in [2.05, 4.69) is 80.4 Å². The van der Waals surface area contributed by atoms with Crippen molar-refractivity contribution in [2.24, 2.45) is 7.05 Å². The van der Waals surface area contributed by atoms with E-state index in [1.165, 1.54) is 11.0 Å². The third-order valence-corrected chi connectivity index (χ3v) is 6.56. The van der Waals surface area contributed by atoms with Crippen LogP contribution in [0.15, 0.2) is 84.0 Å². The zero-order valence-corrected chi connectivity index (χ0v) is 17.7. The predicted octanol–water partition coefficient (Wildman–Crippen LogP) is 5.84. The summed E-state index contributed by atoms with van der Waals surface area (Å²) in [4.78, 5) is 4.90. The van der Waals surface area contributed by atoms with E-state index in [0.29, 0.717) is 0 Å². The highest BCUT2D eigenvalue weighted by molar-refractivity contribution is 7.99. The molecule has 0 aliphatic heterocycles. The minimum absolute atomic E-state index is 0.836. The molecule has 4 nitrogen and oxygen atoms in total. The average Bonchev–Trinajstić information content (AvgIpc) is 3.25. The Morgan fingerprint density at radius 3 is 2.28 bits per heavy atom. The number of fused-ring (bicyclic) bond motifs is 2. The molecule has 5 rings (SSSR count). The fourth-order valence-electron chi connectivity index (χ4n) is 3.73. The van der Waals surface area contributed by atoms with E-state index >= 15 is 0 Å². The van der Waals surface area contributed by atoms with E-state index in [4.69, 9.17) is 17.2 Å². The monoisotopic (exact) mass is 416 g/mol. The lowest BCUT2D eigenvalue weighted by atomic mass is 10.3. The van der Waals surface area contributed by atoms with E-state index in [1.54, 1.807) is 11.8 Å². The summed E-state index contributed by atoms with van der Waals surface area (Å²) in [7, 11) is 2.03. The molecule has 0 N–H and O–H groups in total. The number of imidazole rings is 2. The Labute approximate surface area is 178 Å². The second kappa shape index (κ2) is 7.54. The molecule has 0 saturated carbocycles. The maximum absolute atomic E-state index is 5.67. The molecule has 0 aliphatic carbocycles. The number of aryl methyl sites for hydroxylation is 2. The van der Waals surface area contributed by atoms with Gasteiger partial charge in [0.25, 0.3) is 0 Å². The summed E-state index contributed by atoms with van der Waals surface area (Å²) in [6, 6.07) is 27.1. The molecule has 29 heavy (non-hydrogen) atoms. The van der Waals surface area contributed by atoms with Gasteiger partial charge in [0.1, 0.15) is 0 Å². The van der Waals surface area contributed by atoms with Crippen LogP contribution >= 0.6 is 24.0 Å². The molecule has 0 spiro atoms. The van der Waals surface area contributed by atoms with Crippen molar-refractivity contribution in [1.29, 1.82) is 0 Å². The third kappa shape index (κ3) is 3.18. The summed E-state index contributed by atoms with van der Waals surface area (Å²) >= 11 is 7.44. The van der Waals surface area contributed by atoms with Crippen molar-refractivity contribution in [3.63, 3.8) is 0 Å². The van der Waals surface area contributed by atoms with Gasteiger partial charge in [-0.15, -0.1) is 0 Å². The molecule has 0 amide bonds. The molecule has 5 aromatic rings. The van der Waals surface area contributed by atoms with E-state index in [0.717, 1.165) is 38.9 Å². The van der Waals surface area contributed by atoms with Crippen molar-refractivity contribution < 1.29 is 0 Å². The van der Waals surface area contributed by atoms with Crippen LogP contribution in [0.25, 0.3) is 27.8 Å². The number of hydrogen-bond acceptors (Lipinski definition) is 3. The maximum Gasteiger partial charge on any atom is 0.180 e. The SMILES string of the molecule is Cn1c(=S)n(CCSc2nc3ccccc3n2-c2ccccc2)c2ccccc21. The van der Waals surface area contributed by atoms with Crippen LogP contribution in [0.1, 0.15) is 0 Å². The third-order valence-electron chi connectivity index (χ3n) is 5.14. The van der Waals surface area contributed by atoms with Crippen molar-refractivity contribution in [2.75, 3.05) is 5.75 Å². The fraction of sp³-hybridized carbons (Fsp3) is 0.130. The van der Waals surface area contributed by atoms with Gasteiger partial charge < -0.3 is 9.13 Å². The van der Waals surface area contributed by atoms with E-state index in [-0.39, 0.29) is 0 Å². The first kappa shape index (κ1) is 18.2. The van der Waals surface area contributed by atoms with Gasteiger partial charge in [-0.3, -0.25) is 4.57 Å². The fourth-order valence-corrected chi connectivity index (χ4v) is 4.97. The first-order valence-electron chi connectivity index (χ1n) is 9.54. The Bertz CT molecular complexity index is 1360. The summed E-state index contributed by atoms with van der Waals surface area (Å²) in [6.07, 6.45) is 0. The molecule has 0 aliphatic rings. The Balaban J connectivity index is 1.48. The van der Waals surface area contributed by atoms with Gasteiger partial charge in [0, 0.05) is 25.0 Å². The van der Waals surface area contributed by atoms with Crippen molar-refractivity contribution in [3.05, 3.63) is 83.6 Å². The molecule has 0 saturated heterocycles. The first-order chi connectivity index (χ1) is 14.2. The molecular formula is C23H20N4S2. The standard InChI is InChI=1S/C23H20N4S2/c1-25-20-13-7-8-14-21(20)26(23(25)28)15-16-29-22-24-18-11-5-6-12-19(18)27(22)17-9-3-2-4-10-17/h2-14H,15-16H2,1H3. The van der Waals surface area contributed by atoms with E-state index < -0.39 is 0 Å². The second-order valence-corrected chi connectivity index (χ2v) is 8.31. The molecule has 0 atom stereocenters. The van der Waals surface area contributed by atoms with Crippen LogP contribution in [-0.4, -0.2) is 24.4 Å². The molecule has 2 heterocycles. The molecule has 3 aromatic carbocycles. The van der Waals surface area contributed by atoms with Gasteiger partial charge in [-0.1, -0.05) is 54.2 Å². The number of benzene rings is 3. The van der Waals surface area contributed by atoms with Gasteiger partial charge in [0.15, 0.2) is 9.93 Å². The highest BCUT2D eigenvalue weighted by Gasteiger charge is 2.13. The summed E-state index contributed by atoms with van der Waals surface area (Å²) < 4.78 is 7.38. The minimum atomic E-state index is 0.836. The summed E-state index contributed by atoms with van der Waals surface area (Å²) in [5.41, 5.74) is 5.62. The predicted molar refractivity (Wildman–Crippen MR) is 124 cm³/mol. The molecule has 2 aromatic heterocycles. The number of thioether (sulfide) groups is 1. The zero-order chi connectivity index (χ0) is 19.8. The molecule has 0 bridgehead atoms. The lowest BCUT2D eigenvalue weighted by molar-refractivity contribution is 0.745. The van der Waals surface area contributed by atoms with Gasteiger partial charge in [0.2, 0.25) is 0 Å². The second-order valence-electron chi connectivity index (χ2n) is 6.88. The van der Waals surface area contributed by atoms with Crippen LogP contribution in [0.2, 0.25) is 0 Å². The average molecular weight is 417 g/mol. The van der Waals surface area contributed by atoms with Crippen LogP contribution in [0, 0.1) is 4.77 Å². The van der Waals surface area contributed by atoms with Crippen LogP contribution in [0.5, 0.6) is 0 Å². The number of aromatic nitrogens is 4. The molecule has 0 fully saturated rings. The van der Waals surface area contributed by atoms with Crippen LogP contribution in [0.4, 0.5) is 0 Å². The van der Waals surface area contributed by atoms with Gasteiger partial charge in [-0.05, 0) is 48.6 Å². The highest BCUT2D eigenvalue weighted by atomic mass is 32.2.